The van der Waals surface area contributed by atoms with Crippen LogP contribution in [-0.4, -0.2) is 29.2 Å². The number of halogens is 1. The SMILES string of the molecule is CCC(CC)N(CCO)Cc1ccc(Br)s1. The molecule has 0 bridgehead atoms. The fourth-order valence-electron chi connectivity index (χ4n) is 1.96. The van der Waals surface area contributed by atoms with Crippen molar-refractivity contribution in [3.05, 3.63) is 20.8 Å². The van der Waals surface area contributed by atoms with Gasteiger partial charge in [0.25, 0.3) is 0 Å². The topological polar surface area (TPSA) is 23.5 Å². The van der Waals surface area contributed by atoms with E-state index in [1.165, 1.54) is 8.66 Å². The molecule has 1 heterocycles. The molecule has 1 N–H and O–H groups in total. The molecule has 0 aliphatic rings. The lowest BCUT2D eigenvalue weighted by molar-refractivity contribution is 0.138. The molecule has 1 aromatic rings. The Hall–Kier alpha value is 0.1000. The fraction of sp³-hybridized carbons (Fsp3) is 0.667. The lowest BCUT2D eigenvalue weighted by Gasteiger charge is -2.29. The van der Waals surface area contributed by atoms with E-state index in [1.807, 2.05) is 0 Å². The summed E-state index contributed by atoms with van der Waals surface area (Å²) < 4.78 is 1.18. The highest BCUT2D eigenvalue weighted by Crippen LogP contribution is 2.24. The first-order valence-corrected chi connectivity index (χ1v) is 7.41. The van der Waals surface area contributed by atoms with Gasteiger partial charge in [-0.3, -0.25) is 4.90 Å². The zero-order valence-corrected chi connectivity index (χ0v) is 12.4. The van der Waals surface area contributed by atoms with Crippen LogP contribution < -0.4 is 0 Å². The molecule has 0 amide bonds. The summed E-state index contributed by atoms with van der Waals surface area (Å²) in [5.74, 6) is 0. The van der Waals surface area contributed by atoms with Crippen LogP contribution in [0.3, 0.4) is 0 Å². The van der Waals surface area contributed by atoms with E-state index in [0.29, 0.717) is 6.04 Å². The van der Waals surface area contributed by atoms with E-state index in [2.05, 4.69) is 46.8 Å². The Morgan fingerprint density at radius 1 is 1.38 bits per heavy atom. The predicted octanol–water partition coefficient (Wildman–Crippen LogP) is 3.49. The van der Waals surface area contributed by atoms with Gasteiger partial charge in [0.05, 0.1) is 10.4 Å². The summed E-state index contributed by atoms with van der Waals surface area (Å²) >= 11 is 5.26. The molecule has 0 aliphatic heterocycles. The maximum Gasteiger partial charge on any atom is 0.0701 e. The van der Waals surface area contributed by atoms with Crippen molar-refractivity contribution in [3.63, 3.8) is 0 Å². The van der Waals surface area contributed by atoms with E-state index in [-0.39, 0.29) is 6.61 Å². The molecular weight excluding hydrogens is 286 g/mol. The Labute approximate surface area is 110 Å². The Morgan fingerprint density at radius 3 is 2.50 bits per heavy atom. The Kier molecular flexibility index (Phi) is 6.58. The number of thiophene rings is 1. The normalized spacial score (nSPS) is 11.6. The second-order valence-electron chi connectivity index (χ2n) is 3.87. The molecular formula is C12H20BrNOS. The zero-order valence-electron chi connectivity index (χ0n) is 9.95. The summed E-state index contributed by atoms with van der Waals surface area (Å²) in [6.45, 7) is 6.37. The van der Waals surface area contributed by atoms with Crippen molar-refractivity contribution in [2.75, 3.05) is 13.2 Å². The van der Waals surface area contributed by atoms with Gasteiger partial charge in [0.1, 0.15) is 0 Å². The van der Waals surface area contributed by atoms with E-state index in [0.717, 1.165) is 25.9 Å². The monoisotopic (exact) mass is 305 g/mol. The fourth-order valence-corrected chi connectivity index (χ4v) is 3.47. The molecule has 1 aromatic heterocycles. The molecule has 1 rings (SSSR count). The lowest BCUT2D eigenvalue weighted by atomic mass is 10.1. The number of aliphatic hydroxyl groups is 1. The van der Waals surface area contributed by atoms with Crippen LogP contribution in [0.2, 0.25) is 0 Å². The third-order valence-corrected chi connectivity index (χ3v) is 4.44. The van der Waals surface area contributed by atoms with Crippen molar-refractivity contribution in [1.82, 2.24) is 4.90 Å². The van der Waals surface area contributed by atoms with Gasteiger partial charge in [-0.05, 0) is 40.9 Å². The third kappa shape index (κ3) is 4.17. The number of aliphatic hydroxyl groups excluding tert-OH is 1. The Bertz CT molecular complexity index is 299. The van der Waals surface area contributed by atoms with Gasteiger partial charge in [-0.25, -0.2) is 0 Å². The van der Waals surface area contributed by atoms with Crippen LogP contribution in [0.5, 0.6) is 0 Å². The van der Waals surface area contributed by atoms with Gasteiger partial charge < -0.3 is 5.11 Å². The average Bonchev–Trinajstić information content (AvgIpc) is 2.66. The quantitative estimate of drug-likeness (QED) is 0.833. The van der Waals surface area contributed by atoms with Gasteiger partial charge >= 0.3 is 0 Å². The van der Waals surface area contributed by atoms with Crippen LogP contribution in [0.25, 0.3) is 0 Å². The maximum atomic E-state index is 9.11. The van der Waals surface area contributed by atoms with Gasteiger partial charge in [-0.2, -0.15) is 0 Å². The number of rotatable bonds is 7. The van der Waals surface area contributed by atoms with Gasteiger partial charge in [0.15, 0.2) is 0 Å². The van der Waals surface area contributed by atoms with Crippen molar-refractivity contribution in [2.24, 2.45) is 0 Å². The minimum absolute atomic E-state index is 0.239. The second-order valence-corrected chi connectivity index (χ2v) is 6.42. The first-order valence-electron chi connectivity index (χ1n) is 5.80. The zero-order chi connectivity index (χ0) is 12.0. The molecule has 4 heteroatoms. The molecule has 0 aromatic carbocycles. The summed E-state index contributed by atoms with van der Waals surface area (Å²) in [6.07, 6.45) is 2.28. The van der Waals surface area contributed by atoms with E-state index < -0.39 is 0 Å². The molecule has 0 radical (unpaired) electrons. The molecule has 0 unspecified atom stereocenters. The summed E-state index contributed by atoms with van der Waals surface area (Å²) in [4.78, 5) is 3.73. The van der Waals surface area contributed by atoms with Crippen LogP contribution in [0.15, 0.2) is 15.9 Å². The van der Waals surface area contributed by atoms with Crippen molar-refractivity contribution in [1.29, 1.82) is 0 Å². The second kappa shape index (κ2) is 7.43. The minimum atomic E-state index is 0.239. The molecule has 92 valence electrons. The lowest BCUT2D eigenvalue weighted by Crippen LogP contribution is -2.35. The van der Waals surface area contributed by atoms with Crippen LogP contribution >= 0.6 is 27.3 Å². The van der Waals surface area contributed by atoms with Crippen molar-refractivity contribution < 1.29 is 5.11 Å². The first-order chi connectivity index (χ1) is 7.71. The molecule has 0 saturated heterocycles. The summed E-state index contributed by atoms with van der Waals surface area (Å²) in [5.41, 5.74) is 0. The van der Waals surface area contributed by atoms with E-state index in [9.17, 15) is 0 Å². The third-order valence-electron chi connectivity index (χ3n) is 2.83. The van der Waals surface area contributed by atoms with E-state index in [1.54, 1.807) is 11.3 Å². The van der Waals surface area contributed by atoms with Crippen LogP contribution in [0.4, 0.5) is 0 Å². The van der Waals surface area contributed by atoms with E-state index >= 15 is 0 Å². The highest BCUT2D eigenvalue weighted by Gasteiger charge is 2.15. The minimum Gasteiger partial charge on any atom is -0.395 e. The number of hydrogen-bond acceptors (Lipinski definition) is 3. The predicted molar refractivity (Wildman–Crippen MR) is 73.9 cm³/mol. The van der Waals surface area contributed by atoms with Crippen LogP contribution in [0.1, 0.15) is 31.6 Å². The molecule has 0 aliphatic carbocycles. The van der Waals surface area contributed by atoms with Crippen molar-refractivity contribution in [2.45, 2.75) is 39.3 Å². The van der Waals surface area contributed by atoms with Gasteiger partial charge in [-0.15, -0.1) is 11.3 Å². The van der Waals surface area contributed by atoms with Gasteiger partial charge in [0.2, 0.25) is 0 Å². The molecule has 16 heavy (non-hydrogen) atoms. The highest BCUT2D eigenvalue weighted by atomic mass is 79.9. The summed E-state index contributed by atoms with van der Waals surface area (Å²) in [5, 5.41) is 9.11. The average molecular weight is 306 g/mol. The number of hydrogen-bond donors (Lipinski definition) is 1. The Morgan fingerprint density at radius 2 is 2.06 bits per heavy atom. The maximum absolute atomic E-state index is 9.11. The van der Waals surface area contributed by atoms with Gasteiger partial charge in [0, 0.05) is 24.0 Å². The largest absolute Gasteiger partial charge is 0.395 e. The molecule has 0 atom stereocenters. The van der Waals surface area contributed by atoms with Crippen molar-refractivity contribution in [3.8, 4) is 0 Å². The summed E-state index contributed by atoms with van der Waals surface area (Å²) in [7, 11) is 0. The van der Waals surface area contributed by atoms with Crippen molar-refractivity contribution >= 4 is 27.3 Å². The molecule has 2 nitrogen and oxygen atoms in total. The number of nitrogens with zero attached hydrogens (tertiary/aromatic N) is 1. The molecule has 0 saturated carbocycles. The van der Waals surface area contributed by atoms with Gasteiger partial charge in [-0.1, -0.05) is 13.8 Å². The first kappa shape index (κ1) is 14.2. The molecule has 0 fully saturated rings. The Balaban J connectivity index is 2.63. The summed E-state index contributed by atoms with van der Waals surface area (Å²) in [6, 6.07) is 4.82. The van der Waals surface area contributed by atoms with Crippen LogP contribution in [-0.2, 0) is 6.54 Å². The van der Waals surface area contributed by atoms with Crippen LogP contribution in [0, 0.1) is 0 Å². The standard InChI is InChI=1S/C12H20BrNOS/c1-3-10(4-2)14(7-8-15)9-11-5-6-12(13)16-11/h5-6,10,15H,3-4,7-9H2,1-2H3. The van der Waals surface area contributed by atoms with E-state index in [4.69, 9.17) is 5.11 Å². The molecule has 0 spiro atoms. The highest BCUT2D eigenvalue weighted by molar-refractivity contribution is 9.11. The smallest absolute Gasteiger partial charge is 0.0701 e.